The van der Waals surface area contributed by atoms with Crippen LogP contribution in [0.1, 0.15) is 0 Å². The smallest absolute Gasteiger partial charge is 0.299 e. The summed E-state index contributed by atoms with van der Waals surface area (Å²) in [5.74, 6) is 0.0694. The number of hydrogen-bond acceptors (Lipinski definition) is 2. The number of ether oxygens (including phenoxy) is 1. The molecule has 0 saturated carbocycles. The van der Waals surface area contributed by atoms with Crippen LogP contribution in [-0.4, -0.2) is 9.97 Å². The number of halogens is 2. The van der Waals surface area contributed by atoms with Gasteiger partial charge in [0.15, 0.2) is 0 Å². The molecule has 0 radical (unpaired) electrons. The number of rotatable bonds is 2. The second-order valence-electron chi connectivity index (χ2n) is 2.60. The molecule has 1 aromatic carbocycles. The molecule has 0 aliphatic carbocycles. The molecule has 0 spiro atoms. The van der Waals surface area contributed by atoms with Gasteiger partial charge in [-0.05, 0) is 28.1 Å². The second-order valence-corrected chi connectivity index (χ2v) is 3.45. The van der Waals surface area contributed by atoms with E-state index >= 15 is 0 Å². The van der Waals surface area contributed by atoms with Gasteiger partial charge in [-0.3, -0.25) is 0 Å². The largest absolute Gasteiger partial charge is 0.426 e. The van der Waals surface area contributed by atoms with Crippen molar-refractivity contribution in [1.29, 1.82) is 0 Å². The second kappa shape index (κ2) is 3.79. The Kier molecular flexibility index (Phi) is 2.49. The van der Waals surface area contributed by atoms with E-state index in [0.29, 0.717) is 16.4 Å². The summed E-state index contributed by atoms with van der Waals surface area (Å²) < 4.78 is 18.7. The van der Waals surface area contributed by atoms with Gasteiger partial charge in [-0.1, -0.05) is 6.07 Å². The molecule has 0 unspecified atom stereocenters. The number of nitrogens with one attached hydrogen (secondary N) is 1. The quantitative estimate of drug-likeness (QED) is 0.897. The number of benzene rings is 1. The summed E-state index contributed by atoms with van der Waals surface area (Å²) in [6.07, 6.45) is 1.56. The number of aromatic nitrogens is 2. The molecule has 72 valence electrons. The molecule has 1 heterocycles. The Bertz CT molecular complexity index is 444. The number of hydrogen-bond donors (Lipinski definition) is 1. The Balaban J connectivity index is 2.18. The van der Waals surface area contributed by atoms with E-state index < -0.39 is 0 Å². The van der Waals surface area contributed by atoms with Crippen molar-refractivity contribution >= 4 is 15.9 Å². The minimum atomic E-state index is -0.340. The maximum absolute atomic E-state index is 12.8. The molecule has 0 aliphatic heterocycles. The molecule has 1 N–H and O–H groups in total. The maximum atomic E-state index is 12.8. The van der Waals surface area contributed by atoms with Gasteiger partial charge in [-0.2, -0.15) is 0 Å². The van der Waals surface area contributed by atoms with Gasteiger partial charge in [0.2, 0.25) is 0 Å². The average Bonchev–Trinajstić information content (AvgIpc) is 2.51. The summed E-state index contributed by atoms with van der Waals surface area (Å²) in [5.41, 5.74) is 0. The van der Waals surface area contributed by atoms with Crippen LogP contribution >= 0.6 is 15.9 Å². The van der Waals surface area contributed by atoms with E-state index in [1.54, 1.807) is 18.3 Å². The molecule has 2 aromatic rings. The van der Waals surface area contributed by atoms with E-state index in [2.05, 4.69) is 25.9 Å². The van der Waals surface area contributed by atoms with Crippen molar-refractivity contribution in [3.05, 3.63) is 40.9 Å². The molecule has 0 bridgehead atoms. The van der Waals surface area contributed by atoms with Gasteiger partial charge in [0, 0.05) is 6.07 Å². The molecule has 14 heavy (non-hydrogen) atoms. The lowest BCUT2D eigenvalue weighted by atomic mass is 10.3. The van der Waals surface area contributed by atoms with Crippen molar-refractivity contribution in [3.63, 3.8) is 0 Å². The summed E-state index contributed by atoms with van der Waals surface area (Å²) in [4.78, 5) is 6.70. The fourth-order valence-corrected chi connectivity index (χ4v) is 1.25. The predicted octanol–water partition coefficient (Wildman–Crippen LogP) is 3.10. The van der Waals surface area contributed by atoms with Gasteiger partial charge in [0.25, 0.3) is 6.01 Å². The van der Waals surface area contributed by atoms with E-state index in [0.717, 1.165) is 0 Å². The Morgan fingerprint density at radius 3 is 2.93 bits per heavy atom. The van der Waals surface area contributed by atoms with Crippen LogP contribution in [0.3, 0.4) is 0 Å². The minimum Gasteiger partial charge on any atom is -0.426 e. The SMILES string of the molecule is Fc1cccc(Oc2ncc(Br)[nH]2)c1. The van der Waals surface area contributed by atoms with Crippen LogP contribution < -0.4 is 4.74 Å². The van der Waals surface area contributed by atoms with Crippen LogP contribution in [0, 0.1) is 5.82 Å². The van der Waals surface area contributed by atoms with E-state index in [-0.39, 0.29) is 5.82 Å². The van der Waals surface area contributed by atoms with Crippen LogP contribution in [0.5, 0.6) is 11.8 Å². The van der Waals surface area contributed by atoms with E-state index in [1.807, 2.05) is 0 Å². The first kappa shape index (κ1) is 9.21. The summed E-state index contributed by atoms with van der Waals surface area (Å²) in [7, 11) is 0. The molecule has 1 aromatic heterocycles. The molecule has 0 atom stereocenters. The van der Waals surface area contributed by atoms with Crippen LogP contribution in [-0.2, 0) is 0 Å². The lowest BCUT2D eigenvalue weighted by Gasteiger charge is -2.00. The van der Waals surface area contributed by atoms with Crippen LogP contribution in [0.15, 0.2) is 35.1 Å². The summed E-state index contributed by atoms with van der Waals surface area (Å²) in [6.45, 7) is 0. The fourth-order valence-electron chi connectivity index (χ4n) is 0.976. The van der Waals surface area contributed by atoms with Crippen molar-refractivity contribution in [2.45, 2.75) is 0 Å². The third-order valence-corrected chi connectivity index (χ3v) is 1.94. The number of H-pyrrole nitrogens is 1. The molecule has 0 fully saturated rings. The van der Waals surface area contributed by atoms with Gasteiger partial charge in [0.1, 0.15) is 16.2 Å². The Morgan fingerprint density at radius 1 is 1.43 bits per heavy atom. The number of nitrogens with zero attached hydrogens (tertiary/aromatic N) is 1. The Labute approximate surface area is 88.1 Å². The monoisotopic (exact) mass is 256 g/mol. The summed E-state index contributed by atoms with van der Waals surface area (Å²) in [6, 6.07) is 6.19. The standard InChI is InChI=1S/C9H6BrFN2O/c10-8-5-12-9(13-8)14-7-3-1-2-6(11)4-7/h1-5H,(H,12,13). The van der Waals surface area contributed by atoms with Gasteiger partial charge in [0.05, 0.1) is 6.20 Å². The summed E-state index contributed by atoms with van der Waals surface area (Å²) in [5, 5.41) is 0. The van der Waals surface area contributed by atoms with Crippen LogP contribution in [0.2, 0.25) is 0 Å². The van der Waals surface area contributed by atoms with Crippen LogP contribution in [0.25, 0.3) is 0 Å². The highest BCUT2D eigenvalue weighted by Gasteiger charge is 2.01. The van der Waals surface area contributed by atoms with Crippen molar-refractivity contribution in [2.24, 2.45) is 0 Å². The van der Waals surface area contributed by atoms with Crippen molar-refractivity contribution in [2.75, 3.05) is 0 Å². The van der Waals surface area contributed by atoms with E-state index in [9.17, 15) is 4.39 Å². The molecule has 3 nitrogen and oxygen atoms in total. The molecule has 0 amide bonds. The highest BCUT2D eigenvalue weighted by Crippen LogP contribution is 2.20. The van der Waals surface area contributed by atoms with Gasteiger partial charge < -0.3 is 9.72 Å². The van der Waals surface area contributed by atoms with Gasteiger partial charge in [-0.25, -0.2) is 9.37 Å². The molecular weight excluding hydrogens is 251 g/mol. The number of aromatic amines is 1. The number of imidazole rings is 1. The van der Waals surface area contributed by atoms with Crippen molar-refractivity contribution in [1.82, 2.24) is 9.97 Å². The first-order chi connectivity index (χ1) is 6.74. The highest BCUT2D eigenvalue weighted by molar-refractivity contribution is 9.10. The van der Waals surface area contributed by atoms with Crippen LogP contribution in [0.4, 0.5) is 4.39 Å². The Hall–Kier alpha value is -1.36. The molecular formula is C9H6BrFN2O. The molecule has 0 saturated heterocycles. The zero-order chi connectivity index (χ0) is 9.97. The normalized spacial score (nSPS) is 10.1. The average molecular weight is 257 g/mol. The summed E-state index contributed by atoms with van der Waals surface area (Å²) >= 11 is 3.19. The molecule has 5 heteroatoms. The molecule has 2 rings (SSSR count). The predicted molar refractivity (Wildman–Crippen MR) is 52.8 cm³/mol. The van der Waals surface area contributed by atoms with Crippen molar-refractivity contribution < 1.29 is 9.13 Å². The Morgan fingerprint density at radius 2 is 2.29 bits per heavy atom. The minimum absolute atomic E-state index is 0.322. The zero-order valence-corrected chi connectivity index (χ0v) is 8.58. The third kappa shape index (κ3) is 2.11. The lowest BCUT2D eigenvalue weighted by molar-refractivity contribution is 0.443. The maximum Gasteiger partial charge on any atom is 0.299 e. The lowest BCUT2D eigenvalue weighted by Crippen LogP contribution is -1.86. The van der Waals surface area contributed by atoms with Gasteiger partial charge in [-0.15, -0.1) is 0 Å². The highest BCUT2D eigenvalue weighted by atomic mass is 79.9. The molecule has 0 aliphatic rings. The topological polar surface area (TPSA) is 37.9 Å². The third-order valence-electron chi connectivity index (χ3n) is 1.53. The van der Waals surface area contributed by atoms with E-state index in [4.69, 9.17) is 4.74 Å². The fraction of sp³-hybridized carbons (Fsp3) is 0. The van der Waals surface area contributed by atoms with E-state index in [1.165, 1.54) is 12.1 Å². The van der Waals surface area contributed by atoms with Gasteiger partial charge >= 0.3 is 0 Å². The first-order valence-corrected chi connectivity index (χ1v) is 4.67. The first-order valence-electron chi connectivity index (χ1n) is 3.88. The van der Waals surface area contributed by atoms with Crippen molar-refractivity contribution in [3.8, 4) is 11.8 Å². The zero-order valence-electron chi connectivity index (χ0n) is 7.00.